The average molecular weight is 240 g/mol. The molecule has 2 unspecified atom stereocenters. The number of nitrogens with one attached hydrogen (secondary N) is 1. The molecule has 0 saturated carbocycles. The third kappa shape index (κ3) is 2.30. The van der Waals surface area contributed by atoms with Crippen LogP contribution in [0.1, 0.15) is 12.5 Å². The number of carbonyl (C=O) groups excluding carboxylic acids is 1. The molecule has 3 nitrogen and oxygen atoms in total. The van der Waals surface area contributed by atoms with Crippen LogP contribution in [0.15, 0.2) is 24.3 Å². The summed E-state index contributed by atoms with van der Waals surface area (Å²) in [6.07, 6.45) is 0.222. The summed E-state index contributed by atoms with van der Waals surface area (Å²) in [5, 5.41) is 2.81. The van der Waals surface area contributed by atoms with Gasteiger partial charge in [0.15, 0.2) is 6.10 Å². The zero-order valence-electron chi connectivity index (χ0n) is 9.07. The fourth-order valence-electron chi connectivity index (χ4n) is 1.70. The number of alkyl halides is 1. The van der Waals surface area contributed by atoms with Crippen molar-refractivity contribution in [2.45, 2.75) is 25.5 Å². The predicted molar refractivity (Wildman–Crippen MR) is 62.9 cm³/mol. The second kappa shape index (κ2) is 4.74. The third-order valence-electron chi connectivity index (χ3n) is 2.56. The summed E-state index contributed by atoms with van der Waals surface area (Å²) < 4.78 is 5.56. The highest BCUT2D eigenvalue weighted by molar-refractivity contribution is 6.18. The Bertz CT molecular complexity index is 369. The lowest BCUT2D eigenvalue weighted by Gasteiger charge is -2.14. The number of para-hydroxylation sites is 1. The number of carbonyl (C=O) groups is 1. The molecule has 0 radical (unpaired) electrons. The molecule has 0 spiro atoms. The molecule has 1 amide bonds. The van der Waals surface area contributed by atoms with Crippen molar-refractivity contribution in [1.29, 1.82) is 0 Å². The summed E-state index contributed by atoms with van der Waals surface area (Å²) in [7, 11) is 0. The van der Waals surface area contributed by atoms with Crippen LogP contribution in [-0.2, 0) is 11.2 Å². The predicted octanol–water partition coefficient (Wildman–Crippen LogP) is 1.73. The van der Waals surface area contributed by atoms with E-state index >= 15 is 0 Å². The van der Waals surface area contributed by atoms with Gasteiger partial charge in [0, 0.05) is 18.3 Å². The molecule has 1 N–H and O–H groups in total. The Hall–Kier alpha value is -1.22. The van der Waals surface area contributed by atoms with Crippen LogP contribution < -0.4 is 10.1 Å². The van der Waals surface area contributed by atoms with Crippen LogP contribution in [0.3, 0.4) is 0 Å². The molecule has 0 bridgehead atoms. The van der Waals surface area contributed by atoms with Gasteiger partial charge in [-0.1, -0.05) is 18.2 Å². The molecular weight excluding hydrogens is 226 g/mol. The van der Waals surface area contributed by atoms with Crippen molar-refractivity contribution in [3.63, 3.8) is 0 Å². The van der Waals surface area contributed by atoms with Crippen molar-refractivity contribution < 1.29 is 9.53 Å². The van der Waals surface area contributed by atoms with Crippen LogP contribution in [0.25, 0.3) is 0 Å². The van der Waals surface area contributed by atoms with Gasteiger partial charge in [-0.2, -0.15) is 0 Å². The van der Waals surface area contributed by atoms with Crippen LogP contribution in [-0.4, -0.2) is 23.9 Å². The summed E-state index contributed by atoms with van der Waals surface area (Å²) >= 11 is 5.64. The molecule has 1 aliphatic heterocycles. The highest BCUT2D eigenvalue weighted by Gasteiger charge is 2.29. The SMILES string of the molecule is CC(CCl)NC(=O)C1Cc2ccccc2O1. The molecule has 2 atom stereocenters. The molecule has 1 heterocycles. The maximum Gasteiger partial charge on any atom is 0.261 e. The second-order valence-corrected chi connectivity index (χ2v) is 4.29. The molecule has 86 valence electrons. The van der Waals surface area contributed by atoms with Crippen LogP contribution in [0.2, 0.25) is 0 Å². The number of fused-ring (bicyclic) bond motifs is 1. The fourth-order valence-corrected chi connectivity index (χ4v) is 1.78. The normalized spacial score (nSPS) is 19.8. The summed E-state index contributed by atoms with van der Waals surface area (Å²) in [5.41, 5.74) is 1.08. The van der Waals surface area contributed by atoms with Gasteiger partial charge < -0.3 is 10.1 Å². The van der Waals surface area contributed by atoms with E-state index in [1.165, 1.54) is 0 Å². The van der Waals surface area contributed by atoms with E-state index in [2.05, 4.69) is 5.32 Å². The van der Waals surface area contributed by atoms with Gasteiger partial charge in [0.25, 0.3) is 5.91 Å². The van der Waals surface area contributed by atoms with Gasteiger partial charge in [-0.3, -0.25) is 4.79 Å². The number of benzene rings is 1. The quantitative estimate of drug-likeness (QED) is 0.816. The third-order valence-corrected chi connectivity index (χ3v) is 3.02. The molecule has 0 aliphatic carbocycles. The molecule has 0 aromatic heterocycles. The highest BCUT2D eigenvalue weighted by Crippen LogP contribution is 2.28. The first-order valence-electron chi connectivity index (χ1n) is 5.31. The van der Waals surface area contributed by atoms with E-state index in [-0.39, 0.29) is 11.9 Å². The number of hydrogen-bond acceptors (Lipinski definition) is 2. The first-order chi connectivity index (χ1) is 7.70. The fraction of sp³-hybridized carbons (Fsp3) is 0.417. The molecule has 0 fully saturated rings. The Morgan fingerprint density at radius 1 is 1.62 bits per heavy atom. The van der Waals surface area contributed by atoms with Crippen molar-refractivity contribution in [2.24, 2.45) is 0 Å². The van der Waals surface area contributed by atoms with E-state index in [1.807, 2.05) is 31.2 Å². The number of hydrogen-bond donors (Lipinski definition) is 1. The summed E-state index contributed by atoms with van der Waals surface area (Å²) in [5.74, 6) is 1.12. The van der Waals surface area contributed by atoms with Crippen LogP contribution >= 0.6 is 11.6 Å². The standard InChI is InChI=1S/C12H14ClNO2/c1-8(7-13)14-12(15)11-6-9-4-2-3-5-10(9)16-11/h2-5,8,11H,6-7H2,1H3,(H,14,15). The maximum absolute atomic E-state index is 11.8. The van der Waals surface area contributed by atoms with E-state index in [9.17, 15) is 4.79 Å². The Labute approximate surface area is 99.7 Å². The Balaban J connectivity index is 1.98. The van der Waals surface area contributed by atoms with Crippen LogP contribution in [0.5, 0.6) is 5.75 Å². The van der Waals surface area contributed by atoms with Gasteiger partial charge in [-0.05, 0) is 18.6 Å². The second-order valence-electron chi connectivity index (χ2n) is 3.98. The topological polar surface area (TPSA) is 38.3 Å². The van der Waals surface area contributed by atoms with E-state index in [1.54, 1.807) is 0 Å². The molecule has 1 aromatic rings. The van der Waals surface area contributed by atoms with E-state index < -0.39 is 6.10 Å². The van der Waals surface area contributed by atoms with Gasteiger partial charge >= 0.3 is 0 Å². The maximum atomic E-state index is 11.8. The molecule has 1 aliphatic rings. The Morgan fingerprint density at radius 3 is 3.06 bits per heavy atom. The van der Waals surface area contributed by atoms with Crippen molar-refractivity contribution in [3.8, 4) is 5.75 Å². The lowest BCUT2D eigenvalue weighted by molar-refractivity contribution is -0.127. The zero-order valence-corrected chi connectivity index (χ0v) is 9.83. The number of rotatable bonds is 3. The van der Waals surface area contributed by atoms with E-state index in [0.717, 1.165) is 11.3 Å². The first-order valence-corrected chi connectivity index (χ1v) is 5.85. The molecule has 2 rings (SSSR count). The molecule has 16 heavy (non-hydrogen) atoms. The Morgan fingerprint density at radius 2 is 2.38 bits per heavy atom. The number of amides is 1. The van der Waals surface area contributed by atoms with Gasteiger partial charge in [-0.15, -0.1) is 11.6 Å². The van der Waals surface area contributed by atoms with E-state index in [4.69, 9.17) is 16.3 Å². The first kappa shape index (κ1) is 11.3. The van der Waals surface area contributed by atoms with Crippen molar-refractivity contribution in [3.05, 3.63) is 29.8 Å². The average Bonchev–Trinajstić information content (AvgIpc) is 2.72. The van der Waals surface area contributed by atoms with Crippen molar-refractivity contribution >= 4 is 17.5 Å². The Kier molecular flexibility index (Phi) is 3.34. The van der Waals surface area contributed by atoms with Gasteiger partial charge in [0.05, 0.1) is 0 Å². The largest absolute Gasteiger partial charge is 0.480 e. The number of halogens is 1. The molecular formula is C12H14ClNO2. The lowest BCUT2D eigenvalue weighted by atomic mass is 10.1. The minimum Gasteiger partial charge on any atom is -0.480 e. The molecule has 0 saturated heterocycles. The monoisotopic (exact) mass is 239 g/mol. The summed E-state index contributed by atoms with van der Waals surface area (Å²) in [4.78, 5) is 11.8. The summed E-state index contributed by atoms with van der Waals surface area (Å²) in [6.45, 7) is 1.87. The van der Waals surface area contributed by atoms with Gasteiger partial charge in [0.1, 0.15) is 5.75 Å². The zero-order chi connectivity index (χ0) is 11.5. The van der Waals surface area contributed by atoms with Crippen molar-refractivity contribution in [2.75, 3.05) is 5.88 Å². The van der Waals surface area contributed by atoms with E-state index in [0.29, 0.717) is 12.3 Å². The van der Waals surface area contributed by atoms with Gasteiger partial charge in [-0.25, -0.2) is 0 Å². The van der Waals surface area contributed by atoms with Crippen molar-refractivity contribution in [1.82, 2.24) is 5.32 Å². The van der Waals surface area contributed by atoms with Crippen LogP contribution in [0.4, 0.5) is 0 Å². The highest BCUT2D eigenvalue weighted by atomic mass is 35.5. The minimum atomic E-state index is -0.414. The smallest absolute Gasteiger partial charge is 0.261 e. The summed E-state index contributed by atoms with van der Waals surface area (Å²) in [6, 6.07) is 7.69. The van der Waals surface area contributed by atoms with Gasteiger partial charge in [0.2, 0.25) is 0 Å². The van der Waals surface area contributed by atoms with Crippen LogP contribution in [0, 0.1) is 0 Å². The minimum absolute atomic E-state index is 0.0264. The number of ether oxygens (including phenoxy) is 1. The lowest BCUT2D eigenvalue weighted by Crippen LogP contribution is -2.42. The molecule has 4 heteroatoms. The molecule has 1 aromatic carbocycles.